The van der Waals surface area contributed by atoms with Gasteiger partial charge in [0.1, 0.15) is 5.82 Å². The molecule has 0 atom stereocenters. The van der Waals surface area contributed by atoms with Crippen molar-refractivity contribution in [3.63, 3.8) is 0 Å². The fraction of sp³-hybridized carbons (Fsp3) is 0.176. The smallest absolute Gasteiger partial charge is 0.460 e. The normalized spacial score (nSPS) is 11.3. The number of para-hydroxylation sites is 1. The van der Waals surface area contributed by atoms with E-state index < -0.39 is 0 Å². The first-order valence-corrected chi connectivity index (χ1v) is 13.1. The Balaban J connectivity index is 0.00000308. The number of hydrogen-bond acceptors (Lipinski definition) is 3. The monoisotopic (exact) mass is 690 g/mol. The van der Waals surface area contributed by atoms with Crippen molar-refractivity contribution in [2.75, 3.05) is 0 Å². The summed E-state index contributed by atoms with van der Waals surface area (Å²) < 4.78 is 8.53. The van der Waals surface area contributed by atoms with Crippen molar-refractivity contribution in [1.82, 2.24) is 14.5 Å². The number of hydrogen-bond donors (Lipinski definition) is 0. The van der Waals surface area contributed by atoms with Crippen molar-refractivity contribution in [3.8, 4) is 28.6 Å². The third-order valence-corrected chi connectivity index (χ3v) is 6.91. The Morgan fingerprint density at radius 2 is 1.49 bits per heavy atom. The quantitative estimate of drug-likeness (QED) is 0.164. The topological polar surface area (TPSA) is 39.9 Å². The maximum atomic E-state index is 6.36. The first-order chi connectivity index (χ1) is 18.5. The van der Waals surface area contributed by atoms with E-state index in [1.54, 1.807) is 0 Å². The van der Waals surface area contributed by atoms with E-state index in [2.05, 4.69) is 96.8 Å². The first-order valence-electron chi connectivity index (χ1n) is 13.1. The Bertz CT molecular complexity index is 1760. The molecule has 0 aliphatic carbocycles. The third kappa shape index (κ3) is 5.02. The Morgan fingerprint density at radius 1 is 0.692 bits per heavy atom. The zero-order valence-corrected chi connectivity index (χ0v) is 24.7. The van der Waals surface area contributed by atoms with E-state index in [9.17, 15) is 0 Å². The number of nitrogens with zero attached hydrogens (tertiary/aromatic N) is 3. The van der Waals surface area contributed by atoms with E-state index in [4.69, 9.17) is 4.74 Å². The molecule has 0 bridgehead atoms. The third-order valence-electron chi connectivity index (χ3n) is 6.91. The average Bonchev–Trinajstić information content (AvgIpc) is 3.27. The largest absolute Gasteiger partial charge is 2.00 e. The van der Waals surface area contributed by atoms with E-state index in [-0.39, 0.29) is 21.1 Å². The van der Waals surface area contributed by atoms with Crippen LogP contribution in [0.25, 0.3) is 38.8 Å². The standard InChI is InChI=1S/C34H29N3O.Pt/c1-22(2)27-17-19-36-34(33(27)23(3)4)38-26-11-9-10-24(20-26)25-15-16-29-28-12-5-6-13-30(28)37(31(29)21-25)32-14-7-8-18-35-32;/h5-19,22-23H,1-4H3;/q-2;+2. The molecule has 0 radical (unpaired) electrons. The van der Waals surface area contributed by atoms with E-state index in [1.807, 2.05) is 48.8 Å². The molecule has 0 amide bonds. The first kappa shape index (κ1) is 26.8. The van der Waals surface area contributed by atoms with Gasteiger partial charge in [0.05, 0.1) is 0 Å². The maximum absolute atomic E-state index is 6.36. The molecule has 0 N–H and O–H groups in total. The van der Waals surface area contributed by atoms with Crippen LogP contribution in [0.3, 0.4) is 0 Å². The van der Waals surface area contributed by atoms with Crippen LogP contribution >= 0.6 is 0 Å². The summed E-state index contributed by atoms with van der Waals surface area (Å²) in [5, 5.41) is 2.31. The van der Waals surface area contributed by atoms with Crippen molar-refractivity contribution in [1.29, 1.82) is 0 Å². The number of fused-ring (bicyclic) bond motifs is 3. The molecule has 0 saturated heterocycles. The predicted molar refractivity (Wildman–Crippen MR) is 154 cm³/mol. The molecule has 6 rings (SSSR count). The Hall–Kier alpha value is -3.75. The average molecular weight is 691 g/mol. The number of ether oxygens (including phenoxy) is 1. The summed E-state index contributed by atoms with van der Waals surface area (Å²) in [5.41, 5.74) is 6.35. The van der Waals surface area contributed by atoms with Crippen LogP contribution in [0.4, 0.5) is 0 Å². The van der Waals surface area contributed by atoms with Crippen molar-refractivity contribution in [2.45, 2.75) is 39.5 Å². The molecule has 0 fully saturated rings. The zero-order valence-electron chi connectivity index (χ0n) is 22.4. The van der Waals surface area contributed by atoms with Gasteiger partial charge < -0.3 is 9.30 Å². The molecule has 3 aromatic carbocycles. The van der Waals surface area contributed by atoms with E-state index in [1.165, 1.54) is 10.9 Å². The van der Waals surface area contributed by atoms with Gasteiger partial charge in [0, 0.05) is 29.2 Å². The van der Waals surface area contributed by atoms with Crippen LogP contribution < -0.4 is 4.74 Å². The molecular formula is C34H29N3OPt. The molecule has 196 valence electrons. The summed E-state index contributed by atoms with van der Waals surface area (Å²) in [6, 6.07) is 33.8. The van der Waals surface area contributed by atoms with Gasteiger partial charge in [0.2, 0.25) is 5.88 Å². The zero-order chi connectivity index (χ0) is 26.2. The van der Waals surface area contributed by atoms with Gasteiger partial charge in [0.15, 0.2) is 0 Å². The molecule has 39 heavy (non-hydrogen) atoms. The number of pyridine rings is 2. The van der Waals surface area contributed by atoms with E-state index in [0.717, 1.165) is 38.9 Å². The molecule has 3 aromatic heterocycles. The molecule has 0 aliphatic rings. The maximum Gasteiger partial charge on any atom is 2.00 e. The molecule has 0 unspecified atom stereocenters. The van der Waals surface area contributed by atoms with E-state index in [0.29, 0.717) is 23.5 Å². The van der Waals surface area contributed by atoms with Crippen LogP contribution in [-0.4, -0.2) is 14.5 Å². The fourth-order valence-electron chi connectivity index (χ4n) is 5.18. The number of benzene rings is 3. The van der Waals surface area contributed by atoms with Gasteiger partial charge in [-0.3, -0.25) is 0 Å². The molecular weight excluding hydrogens is 661 g/mol. The van der Waals surface area contributed by atoms with Crippen molar-refractivity contribution in [2.24, 2.45) is 0 Å². The van der Waals surface area contributed by atoms with Crippen LogP contribution in [-0.2, 0) is 21.1 Å². The molecule has 0 spiro atoms. The van der Waals surface area contributed by atoms with Gasteiger partial charge >= 0.3 is 21.1 Å². The summed E-state index contributed by atoms with van der Waals surface area (Å²) in [4.78, 5) is 9.23. The Morgan fingerprint density at radius 3 is 2.26 bits per heavy atom. The van der Waals surface area contributed by atoms with Crippen molar-refractivity contribution in [3.05, 3.63) is 115 Å². The molecule has 5 heteroatoms. The second-order valence-electron chi connectivity index (χ2n) is 10.1. The Labute approximate surface area is 244 Å². The van der Waals surface area contributed by atoms with Crippen LogP contribution in [0, 0.1) is 12.1 Å². The molecule has 3 heterocycles. The van der Waals surface area contributed by atoms with Crippen LogP contribution in [0.2, 0.25) is 0 Å². The summed E-state index contributed by atoms with van der Waals surface area (Å²) in [7, 11) is 0. The minimum Gasteiger partial charge on any atom is -0.460 e. The number of rotatable bonds is 6. The van der Waals surface area contributed by atoms with Gasteiger partial charge in [-0.15, -0.1) is 18.2 Å². The van der Waals surface area contributed by atoms with Gasteiger partial charge in [-0.25, -0.2) is 21.1 Å². The summed E-state index contributed by atoms with van der Waals surface area (Å²) in [6.45, 7) is 8.77. The van der Waals surface area contributed by atoms with Gasteiger partial charge in [-0.1, -0.05) is 57.3 Å². The second kappa shape index (κ2) is 11.2. The van der Waals surface area contributed by atoms with Crippen molar-refractivity contribution >= 4 is 21.8 Å². The molecule has 4 nitrogen and oxygen atoms in total. The second-order valence-corrected chi connectivity index (χ2v) is 10.1. The minimum absolute atomic E-state index is 0. The van der Waals surface area contributed by atoms with Crippen LogP contribution in [0.5, 0.6) is 11.6 Å². The van der Waals surface area contributed by atoms with Gasteiger partial charge in [-0.05, 0) is 52.6 Å². The summed E-state index contributed by atoms with van der Waals surface area (Å²) >= 11 is 0. The summed E-state index contributed by atoms with van der Waals surface area (Å²) in [5.74, 6) is 2.83. The molecule has 0 aliphatic heterocycles. The molecule has 0 saturated carbocycles. The van der Waals surface area contributed by atoms with Gasteiger partial charge in [-0.2, -0.15) is 24.3 Å². The SMILES string of the molecule is CC(C)c1ccnc(Oc2[c-]c(-c3[c-]c4c(cc3)c3ccccc3n4-c3ccccn3)ccc2)c1C(C)C.[Pt+2]. The Kier molecular flexibility index (Phi) is 7.68. The minimum atomic E-state index is 0. The molecule has 6 aromatic rings. The number of aromatic nitrogens is 3. The van der Waals surface area contributed by atoms with Crippen molar-refractivity contribution < 1.29 is 25.8 Å². The summed E-state index contributed by atoms with van der Waals surface area (Å²) in [6.07, 6.45) is 3.65. The van der Waals surface area contributed by atoms with Crippen LogP contribution in [0.1, 0.15) is 50.7 Å². The van der Waals surface area contributed by atoms with Gasteiger partial charge in [0.25, 0.3) is 0 Å². The van der Waals surface area contributed by atoms with Crippen LogP contribution in [0.15, 0.2) is 91.3 Å². The predicted octanol–water partition coefficient (Wildman–Crippen LogP) is 8.88. The van der Waals surface area contributed by atoms with E-state index >= 15 is 0 Å². The fourth-order valence-corrected chi connectivity index (χ4v) is 5.18.